The molecule has 2 N–H and O–H groups in total. The van der Waals surface area contributed by atoms with E-state index in [4.69, 9.17) is 19.6 Å². The summed E-state index contributed by atoms with van der Waals surface area (Å²) in [5.74, 6) is 2.48. The van der Waals surface area contributed by atoms with E-state index in [1.807, 2.05) is 46.8 Å². The van der Waals surface area contributed by atoms with Crippen LogP contribution in [0.1, 0.15) is 11.6 Å². The SMILES string of the molecule is COCCOc1ccc(N2CCN(CCN3N=CC4c5cn(-c6ccco6)nc5N=C(N)N43)CC2)cc1. The van der Waals surface area contributed by atoms with Crippen LogP contribution in [0.5, 0.6) is 5.75 Å². The average molecular weight is 506 g/mol. The zero-order valence-corrected chi connectivity index (χ0v) is 20.8. The quantitative estimate of drug-likeness (QED) is 0.435. The normalized spacial score (nSPS) is 19.2. The molecule has 2 aromatic heterocycles. The molecule has 0 saturated carbocycles. The number of guanidine groups is 1. The van der Waals surface area contributed by atoms with Gasteiger partial charge in [-0.3, -0.25) is 4.90 Å². The molecule has 0 amide bonds. The van der Waals surface area contributed by atoms with E-state index in [0.717, 1.165) is 50.6 Å². The zero-order valence-electron chi connectivity index (χ0n) is 20.8. The number of aromatic nitrogens is 2. The van der Waals surface area contributed by atoms with Crippen LogP contribution in [-0.4, -0.2) is 96.6 Å². The van der Waals surface area contributed by atoms with Gasteiger partial charge in [0.15, 0.2) is 5.82 Å². The number of methoxy groups -OCH3 is 1. The summed E-state index contributed by atoms with van der Waals surface area (Å²) in [6.07, 6.45) is 5.44. The number of hydrazine groups is 1. The second kappa shape index (κ2) is 10.1. The van der Waals surface area contributed by atoms with Gasteiger partial charge in [-0.2, -0.15) is 10.1 Å². The average Bonchev–Trinajstić information content (AvgIpc) is 3.68. The summed E-state index contributed by atoms with van der Waals surface area (Å²) in [7, 11) is 1.67. The topological polar surface area (TPSA) is 113 Å². The first-order valence-corrected chi connectivity index (χ1v) is 12.5. The van der Waals surface area contributed by atoms with E-state index in [1.165, 1.54) is 5.69 Å². The van der Waals surface area contributed by atoms with E-state index in [2.05, 4.69) is 37.1 Å². The Balaban J connectivity index is 1.01. The molecule has 3 aliphatic heterocycles. The molecule has 1 fully saturated rings. The van der Waals surface area contributed by atoms with Crippen LogP contribution < -0.4 is 15.4 Å². The van der Waals surface area contributed by atoms with E-state index < -0.39 is 0 Å². The van der Waals surface area contributed by atoms with Crippen LogP contribution in [0, 0.1) is 0 Å². The molecule has 0 spiro atoms. The molecule has 3 aromatic rings. The van der Waals surface area contributed by atoms with Crippen molar-refractivity contribution in [3.05, 3.63) is 54.4 Å². The minimum absolute atomic E-state index is 0.130. The van der Waals surface area contributed by atoms with Gasteiger partial charge in [-0.1, -0.05) is 0 Å². The highest BCUT2D eigenvalue weighted by atomic mass is 16.5. The maximum atomic E-state index is 6.34. The molecule has 1 atom stereocenters. The second-order valence-electron chi connectivity index (χ2n) is 9.09. The lowest BCUT2D eigenvalue weighted by molar-refractivity contribution is 0.0393. The number of hydrazone groups is 1. The van der Waals surface area contributed by atoms with Crippen molar-refractivity contribution < 1.29 is 13.9 Å². The summed E-state index contributed by atoms with van der Waals surface area (Å²) < 4.78 is 17.9. The molecule has 0 aliphatic carbocycles. The van der Waals surface area contributed by atoms with Gasteiger partial charge in [-0.05, 0) is 30.3 Å². The second-order valence-corrected chi connectivity index (χ2v) is 9.09. The Bertz CT molecular complexity index is 1250. The lowest BCUT2D eigenvalue weighted by Gasteiger charge is -2.38. The van der Waals surface area contributed by atoms with Crippen LogP contribution >= 0.6 is 0 Å². The van der Waals surface area contributed by atoms with Gasteiger partial charge in [-0.25, -0.2) is 14.8 Å². The van der Waals surface area contributed by atoms with Gasteiger partial charge in [0.2, 0.25) is 11.8 Å². The van der Waals surface area contributed by atoms with E-state index in [-0.39, 0.29) is 6.04 Å². The van der Waals surface area contributed by atoms with E-state index >= 15 is 0 Å². The molecule has 12 heteroatoms. The fourth-order valence-electron chi connectivity index (χ4n) is 4.84. The summed E-state index contributed by atoms with van der Waals surface area (Å²) in [5.41, 5.74) is 8.50. The standard InChI is InChI=1S/C25H31N9O3/c1-35-15-16-36-20-6-4-19(5-7-20)31-11-8-30(9-12-31)10-13-33-27-17-22-21-18-32(23-3-2-14-37-23)29-24(21)28-25(26)34(22)33/h2-7,14,17-18,22H,8-13,15-16H2,1H3,(H2,26,28,29). The summed E-state index contributed by atoms with van der Waals surface area (Å²) in [6, 6.07) is 11.8. The fraction of sp³-hybridized carbons (Fsp3) is 0.400. The van der Waals surface area contributed by atoms with Crippen molar-refractivity contribution in [3.8, 4) is 11.6 Å². The summed E-state index contributed by atoms with van der Waals surface area (Å²) in [5, 5.41) is 13.0. The fourth-order valence-corrected chi connectivity index (χ4v) is 4.84. The number of furan rings is 1. The highest BCUT2D eigenvalue weighted by molar-refractivity contribution is 5.89. The summed E-state index contributed by atoms with van der Waals surface area (Å²) in [6.45, 7) is 6.65. The molecule has 37 heavy (non-hydrogen) atoms. The monoisotopic (exact) mass is 505 g/mol. The summed E-state index contributed by atoms with van der Waals surface area (Å²) in [4.78, 5) is 9.39. The van der Waals surface area contributed by atoms with Crippen molar-refractivity contribution >= 4 is 23.7 Å². The number of benzene rings is 1. The highest BCUT2D eigenvalue weighted by Crippen LogP contribution is 2.36. The van der Waals surface area contributed by atoms with Gasteiger partial charge >= 0.3 is 0 Å². The molecule has 1 aromatic carbocycles. The first-order chi connectivity index (χ1) is 18.2. The third kappa shape index (κ3) is 4.72. The van der Waals surface area contributed by atoms with Crippen molar-refractivity contribution in [2.24, 2.45) is 15.8 Å². The Morgan fingerprint density at radius 1 is 1.05 bits per heavy atom. The van der Waals surface area contributed by atoms with Crippen LogP contribution in [0.3, 0.4) is 0 Å². The third-order valence-corrected chi connectivity index (χ3v) is 6.83. The van der Waals surface area contributed by atoms with Crippen LogP contribution in [0.2, 0.25) is 0 Å². The molecule has 0 radical (unpaired) electrons. The minimum Gasteiger partial charge on any atom is -0.491 e. The molecule has 0 bridgehead atoms. The number of hydrogen-bond acceptors (Lipinski definition) is 11. The molecular weight excluding hydrogens is 474 g/mol. The molecular formula is C25H31N9O3. The third-order valence-electron chi connectivity index (χ3n) is 6.83. The smallest absolute Gasteiger partial charge is 0.219 e. The predicted octanol–water partition coefficient (Wildman–Crippen LogP) is 1.83. The predicted molar refractivity (Wildman–Crippen MR) is 139 cm³/mol. The van der Waals surface area contributed by atoms with Crippen molar-refractivity contribution in [2.45, 2.75) is 6.04 Å². The van der Waals surface area contributed by atoms with Gasteiger partial charge in [0.1, 0.15) is 18.4 Å². The van der Waals surface area contributed by atoms with Gasteiger partial charge in [0.05, 0.1) is 25.6 Å². The molecule has 1 unspecified atom stereocenters. The van der Waals surface area contributed by atoms with E-state index in [0.29, 0.717) is 30.9 Å². The molecule has 194 valence electrons. The Morgan fingerprint density at radius 3 is 2.65 bits per heavy atom. The van der Waals surface area contributed by atoms with E-state index in [1.54, 1.807) is 18.1 Å². The number of piperazine rings is 1. The van der Waals surface area contributed by atoms with Crippen LogP contribution in [0.4, 0.5) is 11.5 Å². The number of fused-ring (bicyclic) bond motifs is 3. The Morgan fingerprint density at radius 2 is 1.89 bits per heavy atom. The zero-order chi connectivity index (χ0) is 25.2. The maximum absolute atomic E-state index is 6.34. The molecule has 5 heterocycles. The Hall–Kier alpha value is -4.03. The van der Waals surface area contributed by atoms with Crippen LogP contribution in [0.15, 0.2) is 63.4 Å². The molecule has 1 saturated heterocycles. The largest absolute Gasteiger partial charge is 0.491 e. The van der Waals surface area contributed by atoms with Gasteiger partial charge in [0, 0.05) is 63.3 Å². The van der Waals surface area contributed by atoms with Crippen LogP contribution in [0.25, 0.3) is 5.88 Å². The number of ether oxygens (including phenoxy) is 2. The van der Waals surface area contributed by atoms with Crippen molar-refractivity contribution in [2.75, 3.05) is 64.5 Å². The Kier molecular flexibility index (Phi) is 6.41. The van der Waals surface area contributed by atoms with Crippen molar-refractivity contribution in [1.29, 1.82) is 0 Å². The molecule has 3 aliphatic rings. The maximum Gasteiger partial charge on any atom is 0.219 e. The van der Waals surface area contributed by atoms with Gasteiger partial charge < -0.3 is 24.5 Å². The number of rotatable bonds is 9. The lowest BCUT2D eigenvalue weighted by Crippen LogP contribution is -2.51. The minimum atomic E-state index is -0.130. The van der Waals surface area contributed by atoms with Gasteiger partial charge in [0.25, 0.3) is 0 Å². The number of anilines is 1. The number of hydrogen-bond donors (Lipinski definition) is 1. The van der Waals surface area contributed by atoms with Crippen molar-refractivity contribution in [3.63, 3.8) is 0 Å². The lowest BCUT2D eigenvalue weighted by atomic mass is 10.1. The number of nitrogens with zero attached hydrogens (tertiary/aromatic N) is 8. The van der Waals surface area contributed by atoms with Crippen molar-refractivity contribution in [1.82, 2.24) is 24.8 Å². The highest BCUT2D eigenvalue weighted by Gasteiger charge is 2.38. The molecule has 12 nitrogen and oxygen atoms in total. The Labute approximate surface area is 215 Å². The van der Waals surface area contributed by atoms with Crippen LogP contribution in [-0.2, 0) is 4.74 Å². The molecule has 6 rings (SSSR count). The van der Waals surface area contributed by atoms with E-state index in [9.17, 15) is 0 Å². The number of aliphatic imine (C=N–C) groups is 1. The number of nitrogens with two attached hydrogens (primary N) is 1. The first-order valence-electron chi connectivity index (χ1n) is 12.5. The summed E-state index contributed by atoms with van der Waals surface area (Å²) >= 11 is 0. The first kappa shape index (κ1) is 23.4. The van der Waals surface area contributed by atoms with Gasteiger partial charge in [-0.15, -0.1) is 5.10 Å².